The summed E-state index contributed by atoms with van der Waals surface area (Å²) in [5, 5.41) is 5.60. The Morgan fingerprint density at radius 2 is 2.00 bits per heavy atom. The van der Waals surface area contributed by atoms with Crippen LogP contribution in [-0.2, 0) is 19.6 Å². The van der Waals surface area contributed by atoms with Crippen molar-refractivity contribution in [3.05, 3.63) is 52.0 Å². The van der Waals surface area contributed by atoms with E-state index in [1.807, 2.05) is 6.20 Å². The molecule has 2 heterocycles. The molecule has 0 aromatic carbocycles. The van der Waals surface area contributed by atoms with Crippen LogP contribution >= 0.6 is 11.3 Å². The summed E-state index contributed by atoms with van der Waals surface area (Å²) < 4.78 is 0. The fraction of sp³-hybridized carbons (Fsp3) is 0.471. The van der Waals surface area contributed by atoms with Crippen molar-refractivity contribution in [1.29, 1.82) is 0 Å². The van der Waals surface area contributed by atoms with Gasteiger partial charge in [0.2, 0.25) is 0 Å². The van der Waals surface area contributed by atoms with Gasteiger partial charge in [-0.15, -0.1) is 11.3 Å². The van der Waals surface area contributed by atoms with E-state index in [2.05, 4.69) is 72.7 Å². The molecule has 0 saturated heterocycles. The standard InChI is InChI=1S/C17H25N3S/c1-17(2,3)19-11-14-7-8-15(18-10-14)12-20(4)13-16-6-5-9-21-16/h5-10,19H,11-13H2,1-4H3. The second-order valence-corrected chi connectivity index (χ2v) is 7.55. The second-order valence-electron chi connectivity index (χ2n) is 6.51. The number of nitrogens with one attached hydrogen (secondary N) is 1. The van der Waals surface area contributed by atoms with Crippen LogP contribution in [-0.4, -0.2) is 22.5 Å². The normalized spacial score (nSPS) is 12.0. The Labute approximate surface area is 132 Å². The number of aromatic nitrogens is 1. The maximum absolute atomic E-state index is 4.57. The van der Waals surface area contributed by atoms with Crippen LogP contribution < -0.4 is 5.32 Å². The second kappa shape index (κ2) is 7.16. The van der Waals surface area contributed by atoms with Crippen molar-refractivity contribution < 1.29 is 0 Å². The van der Waals surface area contributed by atoms with Gasteiger partial charge in [-0.05, 0) is 50.9 Å². The van der Waals surface area contributed by atoms with E-state index < -0.39 is 0 Å². The van der Waals surface area contributed by atoms with Crippen LogP contribution in [0, 0.1) is 0 Å². The Kier molecular flexibility index (Phi) is 5.51. The minimum absolute atomic E-state index is 0.138. The van der Waals surface area contributed by atoms with Crippen molar-refractivity contribution in [2.24, 2.45) is 0 Å². The summed E-state index contributed by atoms with van der Waals surface area (Å²) in [5.41, 5.74) is 2.49. The molecule has 0 aliphatic rings. The molecule has 2 rings (SSSR count). The Morgan fingerprint density at radius 3 is 2.57 bits per heavy atom. The number of thiophene rings is 1. The monoisotopic (exact) mass is 303 g/mol. The first-order valence-corrected chi connectivity index (χ1v) is 8.20. The number of rotatable bonds is 6. The van der Waals surface area contributed by atoms with E-state index >= 15 is 0 Å². The van der Waals surface area contributed by atoms with Crippen molar-refractivity contribution in [2.45, 2.75) is 45.9 Å². The minimum atomic E-state index is 0.138. The van der Waals surface area contributed by atoms with E-state index in [9.17, 15) is 0 Å². The molecule has 0 radical (unpaired) electrons. The molecule has 0 fully saturated rings. The number of hydrogen-bond donors (Lipinski definition) is 1. The molecule has 0 spiro atoms. The molecule has 0 unspecified atom stereocenters. The summed E-state index contributed by atoms with van der Waals surface area (Å²) in [5.74, 6) is 0. The van der Waals surface area contributed by atoms with Crippen LogP contribution in [0.15, 0.2) is 35.8 Å². The maximum Gasteiger partial charge on any atom is 0.0544 e. The van der Waals surface area contributed by atoms with Crippen molar-refractivity contribution >= 4 is 11.3 Å². The van der Waals surface area contributed by atoms with Gasteiger partial charge in [0.15, 0.2) is 0 Å². The average molecular weight is 303 g/mol. The van der Waals surface area contributed by atoms with Crippen molar-refractivity contribution in [1.82, 2.24) is 15.2 Å². The molecule has 2 aromatic heterocycles. The first-order chi connectivity index (χ1) is 9.92. The summed E-state index contributed by atoms with van der Waals surface area (Å²) >= 11 is 1.80. The lowest BCUT2D eigenvalue weighted by Crippen LogP contribution is -2.35. The topological polar surface area (TPSA) is 28.2 Å². The van der Waals surface area contributed by atoms with E-state index in [0.29, 0.717) is 0 Å². The molecule has 4 heteroatoms. The highest BCUT2D eigenvalue weighted by Gasteiger charge is 2.09. The van der Waals surface area contributed by atoms with Crippen molar-refractivity contribution in [3.8, 4) is 0 Å². The van der Waals surface area contributed by atoms with Crippen LogP contribution in [0.1, 0.15) is 36.9 Å². The van der Waals surface area contributed by atoms with Crippen LogP contribution in [0.3, 0.4) is 0 Å². The third kappa shape index (κ3) is 5.96. The fourth-order valence-electron chi connectivity index (χ4n) is 2.02. The molecule has 0 amide bonds. The number of nitrogens with zero attached hydrogens (tertiary/aromatic N) is 2. The van der Waals surface area contributed by atoms with E-state index in [1.54, 1.807) is 11.3 Å². The summed E-state index contributed by atoms with van der Waals surface area (Å²) in [6.07, 6.45) is 1.98. The fourth-order valence-corrected chi connectivity index (χ4v) is 2.81. The van der Waals surface area contributed by atoms with Gasteiger partial charge in [-0.25, -0.2) is 0 Å². The Balaban J connectivity index is 1.84. The predicted molar refractivity (Wildman–Crippen MR) is 90.3 cm³/mol. The largest absolute Gasteiger partial charge is 0.308 e. The van der Waals surface area contributed by atoms with Gasteiger partial charge >= 0.3 is 0 Å². The third-order valence-corrected chi connectivity index (χ3v) is 4.01. The van der Waals surface area contributed by atoms with Crippen LogP contribution in [0.4, 0.5) is 0 Å². The smallest absolute Gasteiger partial charge is 0.0544 e. The molecule has 1 N–H and O–H groups in total. The first kappa shape index (κ1) is 16.1. The lowest BCUT2D eigenvalue weighted by molar-refractivity contribution is 0.318. The van der Waals surface area contributed by atoms with Crippen LogP contribution in [0.25, 0.3) is 0 Å². The molecule has 3 nitrogen and oxygen atoms in total. The Morgan fingerprint density at radius 1 is 1.19 bits per heavy atom. The van der Waals surface area contributed by atoms with Gasteiger partial charge in [0.1, 0.15) is 0 Å². The summed E-state index contributed by atoms with van der Waals surface area (Å²) in [6.45, 7) is 9.25. The van der Waals surface area contributed by atoms with Crippen LogP contribution in [0.2, 0.25) is 0 Å². The predicted octanol–water partition coefficient (Wildman–Crippen LogP) is 3.66. The molecule has 0 aliphatic heterocycles. The van der Waals surface area contributed by atoms with Crippen molar-refractivity contribution in [3.63, 3.8) is 0 Å². The van der Waals surface area contributed by atoms with Gasteiger partial charge in [-0.2, -0.15) is 0 Å². The molecule has 0 atom stereocenters. The summed E-state index contributed by atoms with van der Waals surface area (Å²) in [4.78, 5) is 8.26. The first-order valence-electron chi connectivity index (χ1n) is 7.32. The molecule has 0 saturated carbocycles. The lowest BCUT2D eigenvalue weighted by Gasteiger charge is -2.20. The van der Waals surface area contributed by atoms with E-state index in [1.165, 1.54) is 10.4 Å². The zero-order valence-corrected chi connectivity index (χ0v) is 14.2. The molecule has 114 valence electrons. The molecule has 0 aliphatic carbocycles. The molecule has 0 bridgehead atoms. The van der Waals surface area contributed by atoms with Gasteiger partial charge in [-0.3, -0.25) is 9.88 Å². The Hall–Kier alpha value is -1.23. The summed E-state index contributed by atoms with van der Waals surface area (Å²) in [6, 6.07) is 8.57. The third-order valence-electron chi connectivity index (χ3n) is 3.15. The number of pyridine rings is 1. The van der Waals surface area contributed by atoms with Crippen LogP contribution in [0.5, 0.6) is 0 Å². The molecular weight excluding hydrogens is 278 g/mol. The average Bonchev–Trinajstić information content (AvgIpc) is 2.89. The van der Waals surface area contributed by atoms with Gasteiger partial charge in [0, 0.05) is 36.2 Å². The van der Waals surface area contributed by atoms with E-state index in [-0.39, 0.29) is 5.54 Å². The van der Waals surface area contributed by atoms with E-state index in [0.717, 1.165) is 25.3 Å². The van der Waals surface area contributed by atoms with Gasteiger partial charge in [0.25, 0.3) is 0 Å². The van der Waals surface area contributed by atoms with Crippen molar-refractivity contribution in [2.75, 3.05) is 7.05 Å². The highest BCUT2D eigenvalue weighted by molar-refractivity contribution is 7.09. The molecular formula is C17H25N3S. The maximum atomic E-state index is 4.57. The highest BCUT2D eigenvalue weighted by Crippen LogP contribution is 2.12. The lowest BCUT2D eigenvalue weighted by atomic mass is 10.1. The molecule has 2 aromatic rings. The minimum Gasteiger partial charge on any atom is -0.308 e. The number of hydrogen-bond acceptors (Lipinski definition) is 4. The zero-order valence-electron chi connectivity index (χ0n) is 13.4. The quantitative estimate of drug-likeness (QED) is 0.882. The van der Waals surface area contributed by atoms with E-state index in [4.69, 9.17) is 0 Å². The summed E-state index contributed by atoms with van der Waals surface area (Å²) in [7, 11) is 2.14. The Bertz CT molecular complexity index is 526. The molecule has 21 heavy (non-hydrogen) atoms. The van der Waals surface area contributed by atoms with Gasteiger partial charge in [0.05, 0.1) is 5.69 Å². The highest BCUT2D eigenvalue weighted by atomic mass is 32.1. The van der Waals surface area contributed by atoms with Gasteiger partial charge < -0.3 is 5.32 Å². The SMILES string of the molecule is CN(Cc1ccc(CNC(C)(C)C)cn1)Cc1cccs1. The van der Waals surface area contributed by atoms with Gasteiger partial charge in [-0.1, -0.05) is 12.1 Å². The zero-order chi connectivity index (χ0) is 15.3.